The van der Waals surface area contributed by atoms with Crippen molar-refractivity contribution in [3.05, 3.63) is 30.0 Å². The van der Waals surface area contributed by atoms with E-state index in [1.165, 1.54) is 0 Å². The van der Waals surface area contributed by atoms with Crippen molar-refractivity contribution in [3.63, 3.8) is 0 Å². The topological polar surface area (TPSA) is 47.0 Å². The van der Waals surface area contributed by atoms with Crippen molar-refractivity contribution in [3.8, 4) is 0 Å². The van der Waals surface area contributed by atoms with Gasteiger partial charge in [-0.05, 0) is 19.8 Å². The maximum Gasteiger partial charge on any atom is 0.156 e. The summed E-state index contributed by atoms with van der Waals surface area (Å²) >= 11 is 0. The van der Waals surface area contributed by atoms with Crippen LogP contribution in [0.2, 0.25) is 0 Å². The molecule has 0 saturated heterocycles. The van der Waals surface area contributed by atoms with E-state index in [-0.39, 0.29) is 0 Å². The Hall–Kier alpha value is -1.68. The second kappa shape index (κ2) is 6.31. The molecule has 0 aliphatic carbocycles. The fraction of sp³-hybridized carbons (Fsp3) is 0.429. The molecule has 2 aromatic rings. The van der Waals surface area contributed by atoms with Crippen LogP contribution in [0.4, 0.5) is 5.82 Å². The van der Waals surface area contributed by atoms with Crippen molar-refractivity contribution in [1.29, 1.82) is 0 Å². The van der Waals surface area contributed by atoms with Crippen LogP contribution < -0.4 is 5.32 Å². The highest BCUT2D eigenvalue weighted by Crippen LogP contribution is 2.22. The van der Waals surface area contributed by atoms with Crippen LogP contribution in [-0.4, -0.2) is 30.5 Å². The number of methoxy groups -OCH3 is 1. The van der Waals surface area contributed by atoms with E-state index in [1.807, 2.05) is 19.1 Å². The molecule has 0 amide bonds. The van der Waals surface area contributed by atoms with Crippen LogP contribution in [0.15, 0.2) is 24.3 Å². The lowest BCUT2D eigenvalue weighted by Gasteiger charge is -2.09. The highest BCUT2D eigenvalue weighted by Gasteiger charge is 2.04. The van der Waals surface area contributed by atoms with Crippen molar-refractivity contribution < 1.29 is 4.74 Å². The summed E-state index contributed by atoms with van der Waals surface area (Å²) in [4.78, 5) is 0. The first kappa shape index (κ1) is 12.8. The minimum absolute atomic E-state index is 0.808. The Labute approximate surface area is 107 Å². The summed E-state index contributed by atoms with van der Waals surface area (Å²) in [5, 5.41) is 14.1. The predicted molar refractivity (Wildman–Crippen MR) is 73.9 cm³/mol. The summed E-state index contributed by atoms with van der Waals surface area (Å²) in [5.41, 5.74) is 0.968. The number of rotatable bonds is 6. The molecule has 0 spiro atoms. The zero-order valence-corrected chi connectivity index (χ0v) is 10.9. The average molecular weight is 245 g/mol. The van der Waals surface area contributed by atoms with E-state index in [2.05, 4.69) is 27.6 Å². The van der Waals surface area contributed by atoms with Crippen molar-refractivity contribution in [1.82, 2.24) is 10.2 Å². The molecule has 0 unspecified atom stereocenters. The molecule has 4 heteroatoms. The van der Waals surface area contributed by atoms with Crippen LogP contribution >= 0.6 is 0 Å². The van der Waals surface area contributed by atoms with Crippen LogP contribution in [0.3, 0.4) is 0 Å². The summed E-state index contributed by atoms with van der Waals surface area (Å²) in [6.45, 7) is 3.69. The monoisotopic (exact) mass is 245 g/mol. The molecular weight excluding hydrogens is 226 g/mol. The summed E-state index contributed by atoms with van der Waals surface area (Å²) in [5.74, 6) is 0.869. The first-order valence-electron chi connectivity index (χ1n) is 6.28. The van der Waals surface area contributed by atoms with Gasteiger partial charge in [-0.15, -0.1) is 5.10 Å². The largest absolute Gasteiger partial charge is 0.385 e. The van der Waals surface area contributed by atoms with Gasteiger partial charge in [-0.25, -0.2) is 0 Å². The summed E-state index contributed by atoms with van der Waals surface area (Å²) in [7, 11) is 1.73. The lowest BCUT2D eigenvalue weighted by Crippen LogP contribution is -2.06. The highest BCUT2D eigenvalue weighted by atomic mass is 16.5. The van der Waals surface area contributed by atoms with Gasteiger partial charge in [0.15, 0.2) is 5.82 Å². The normalized spacial score (nSPS) is 10.8. The molecule has 1 N–H and O–H groups in total. The molecule has 0 saturated carbocycles. The van der Waals surface area contributed by atoms with E-state index in [4.69, 9.17) is 4.74 Å². The Balaban J connectivity index is 2.07. The zero-order chi connectivity index (χ0) is 12.8. The Bertz CT molecular complexity index is 513. The number of unbranched alkanes of at least 4 members (excludes halogenated alkanes) is 1. The molecular formula is C14H19N3O. The van der Waals surface area contributed by atoms with Crippen LogP contribution in [0.5, 0.6) is 0 Å². The average Bonchev–Trinajstić information content (AvgIpc) is 2.41. The molecule has 0 bridgehead atoms. The first-order chi connectivity index (χ1) is 8.83. The predicted octanol–water partition coefficient (Wildman–Crippen LogP) is 2.78. The van der Waals surface area contributed by atoms with Crippen molar-refractivity contribution in [2.45, 2.75) is 19.8 Å². The molecule has 2 rings (SSSR count). The third-order valence-corrected chi connectivity index (χ3v) is 2.94. The third kappa shape index (κ3) is 2.96. The van der Waals surface area contributed by atoms with E-state index >= 15 is 0 Å². The molecule has 0 aliphatic heterocycles. The third-order valence-electron chi connectivity index (χ3n) is 2.94. The van der Waals surface area contributed by atoms with E-state index in [1.54, 1.807) is 7.11 Å². The van der Waals surface area contributed by atoms with E-state index in [9.17, 15) is 0 Å². The number of aryl methyl sites for hydroxylation is 1. The smallest absolute Gasteiger partial charge is 0.156 e. The van der Waals surface area contributed by atoms with Crippen LogP contribution in [0, 0.1) is 6.92 Å². The summed E-state index contributed by atoms with van der Waals surface area (Å²) in [6.07, 6.45) is 2.12. The van der Waals surface area contributed by atoms with E-state index in [0.717, 1.165) is 48.3 Å². The quantitative estimate of drug-likeness (QED) is 0.795. The fourth-order valence-electron chi connectivity index (χ4n) is 1.95. The van der Waals surface area contributed by atoms with Crippen molar-refractivity contribution in [2.24, 2.45) is 0 Å². The van der Waals surface area contributed by atoms with Crippen molar-refractivity contribution in [2.75, 3.05) is 25.6 Å². The molecule has 4 nitrogen and oxygen atoms in total. The number of fused-ring (bicyclic) bond motifs is 1. The number of ether oxygens (including phenoxy) is 1. The molecule has 1 aromatic heterocycles. The van der Waals surface area contributed by atoms with Gasteiger partial charge in [-0.2, -0.15) is 5.10 Å². The van der Waals surface area contributed by atoms with Gasteiger partial charge in [0.25, 0.3) is 0 Å². The number of nitrogens with one attached hydrogen (secondary N) is 1. The Morgan fingerprint density at radius 1 is 1.11 bits per heavy atom. The second-order valence-corrected chi connectivity index (χ2v) is 4.31. The molecule has 18 heavy (non-hydrogen) atoms. The number of hydrogen-bond donors (Lipinski definition) is 1. The van der Waals surface area contributed by atoms with Gasteiger partial charge in [-0.3, -0.25) is 0 Å². The van der Waals surface area contributed by atoms with Gasteiger partial charge in [-0.1, -0.05) is 24.3 Å². The first-order valence-corrected chi connectivity index (χ1v) is 6.28. The summed E-state index contributed by atoms with van der Waals surface area (Å²) < 4.78 is 5.02. The van der Waals surface area contributed by atoms with Gasteiger partial charge < -0.3 is 10.1 Å². The minimum atomic E-state index is 0.808. The minimum Gasteiger partial charge on any atom is -0.385 e. The number of benzene rings is 1. The molecule has 1 aromatic carbocycles. The molecule has 0 radical (unpaired) electrons. The van der Waals surface area contributed by atoms with Crippen molar-refractivity contribution >= 4 is 16.6 Å². The van der Waals surface area contributed by atoms with Crippen LogP contribution in [0.25, 0.3) is 10.8 Å². The molecule has 1 heterocycles. The maximum atomic E-state index is 5.02. The van der Waals surface area contributed by atoms with Gasteiger partial charge in [0.2, 0.25) is 0 Å². The fourth-order valence-corrected chi connectivity index (χ4v) is 1.95. The zero-order valence-electron chi connectivity index (χ0n) is 10.9. The maximum absolute atomic E-state index is 5.02. The van der Waals surface area contributed by atoms with Crippen LogP contribution in [0.1, 0.15) is 18.5 Å². The van der Waals surface area contributed by atoms with Gasteiger partial charge >= 0.3 is 0 Å². The second-order valence-electron chi connectivity index (χ2n) is 4.31. The Morgan fingerprint density at radius 2 is 1.89 bits per heavy atom. The lowest BCUT2D eigenvalue weighted by atomic mass is 10.1. The number of hydrogen-bond acceptors (Lipinski definition) is 4. The molecule has 96 valence electrons. The Morgan fingerprint density at radius 3 is 2.67 bits per heavy atom. The van der Waals surface area contributed by atoms with Gasteiger partial charge in [0, 0.05) is 31.0 Å². The van der Waals surface area contributed by atoms with E-state index < -0.39 is 0 Å². The molecule has 0 atom stereocenters. The van der Waals surface area contributed by atoms with Gasteiger partial charge in [0.05, 0.1) is 5.69 Å². The van der Waals surface area contributed by atoms with Crippen LogP contribution in [-0.2, 0) is 4.74 Å². The SMILES string of the molecule is COCCCCNc1nnc(C)c2ccccc12. The lowest BCUT2D eigenvalue weighted by molar-refractivity contribution is 0.194. The summed E-state index contributed by atoms with van der Waals surface area (Å²) in [6, 6.07) is 8.21. The highest BCUT2D eigenvalue weighted by molar-refractivity contribution is 5.92. The standard InChI is InChI=1S/C14H19N3O/c1-11-12-7-3-4-8-13(12)14(17-16-11)15-9-5-6-10-18-2/h3-4,7-8H,5-6,9-10H2,1-2H3,(H,15,17). The Kier molecular flexibility index (Phi) is 4.47. The number of nitrogens with zero attached hydrogens (tertiary/aromatic N) is 2. The number of anilines is 1. The van der Waals surface area contributed by atoms with E-state index in [0.29, 0.717) is 0 Å². The molecule has 0 fully saturated rings. The number of aromatic nitrogens is 2. The van der Waals surface area contributed by atoms with Gasteiger partial charge in [0.1, 0.15) is 0 Å². The molecule has 0 aliphatic rings.